The summed E-state index contributed by atoms with van der Waals surface area (Å²) >= 11 is 5.60. The summed E-state index contributed by atoms with van der Waals surface area (Å²) in [6.07, 6.45) is 5.41. The predicted octanol–water partition coefficient (Wildman–Crippen LogP) is 2.88. The molecule has 1 fully saturated rings. The highest BCUT2D eigenvalue weighted by molar-refractivity contribution is 6.29. The van der Waals surface area contributed by atoms with Gasteiger partial charge in [-0.05, 0) is 12.8 Å². The molecule has 0 unspecified atom stereocenters. The molecule has 96 valence electrons. The molecule has 0 saturated heterocycles. The summed E-state index contributed by atoms with van der Waals surface area (Å²) in [7, 11) is 1.91. The molecule has 0 spiro atoms. The van der Waals surface area contributed by atoms with Crippen LogP contribution in [0, 0.1) is 17.7 Å². The van der Waals surface area contributed by atoms with Crippen molar-refractivity contribution in [3.8, 4) is 11.8 Å². The van der Waals surface area contributed by atoms with Gasteiger partial charge in [0.1, 0.15) is 11.0 Å². The normalized spacial score (nSPS) is 14.1. The number of hydrogen-bond donors (Lipinski definition) is 0. The van der Waals surface area contributed by atoms with Crippen LogP contribution in [-0.2, 0) is 7.05 Å². The zero-order valence-corrected chi connectivity index (χ0v) is 11.1. The molecule has 5 heteroatoms. The van der Waals surface area contributed by atoms with Gasteiger partial charge in [-0.2, -0.15) is 5.10 Å². The number of rotatable bonds is 1. The van der Waals surface area contributed by atoms with Crippen LogP contribution in [0.4, 0.5) is 4.39 Å². The van der Waals surface area contributed by atoms with Crippen LogP contribution >= 0.6 is 11.6 Å². The van der Waals surface area contributed by atoms with E-state index in [1.54, 1.807) is 6.20 Å². The Morgan fingerprint density at radius 2 is 2.05 bits per heavy atom. The van der Waals surface area contributed by atoms with Crippen molar-refractivity contribution in [2.75, 3.05) is 0 Å². The molecule has 1 aliphatic rings. The first kappa shape index (κ1) is 12.2. The molecule has 0 atom stereocenters. The van der Waals surface area contributed by atoms with Gasteiger partial charge in [-0.25, -0.2) is 9.37 Å². The SMILES string of the molecule is Cn1ncc(C#Cc2cnc(Cl)cc2F)c1C1CC1. The van der Waals surface area contributed by atoms with Crippen molar-refractivity contribution in [2.45, 2.75) is 18.8 Å². The van der Waals surface area contributed by atoms with E-state index in [9.17, 15) is 4.39 Å². The van der Waals surface area contributed by atoms with E-state index >= 15 is 0 Å². The van der Waals surface area contributed by atoms with E-state index < -0.39 is 5.82 Å². The number of pyridine rings is 1. The van der Waals surface area contributed by atoms with Crippen LogP contribution in [0.5, 0.6) is 0 Å². The molecule has 2 heterocycles. The lowest BCUT2D eigenvalue weighted by atomic mass is 10.1. The summed E-state index contributed by atoms with van der Waals surface area (Å²) in [6.45, 7) is 0. The van der Waals surface area contributed by atoms with Crippen LogP contribution in [0.25, 0.3) is 0 Å². The van der Waals surface area contributed by atoms with Crippen LogP contribution in [0.15, 0.2) is 18.5 Å². The summed E-state index contributed by atoms with van der Waals surface area (Å²) in [5.41, 5.74) is 2.24. The third kappa shape index (κ3) is 2.47. The summed E-state index contributed by atoms with van der Waals surface area (Å²) < 4.78 is 15.4. The van der Waals surface area contributed by atoms with Gasteiger partial charge in [0, 0.05) is 25.2 Å². The van der Waals surface area contributed by atoms with Gasteiger partial charge in [0.05, 0.1) is 23.0 Å². The number of nitrogens with zero attached hydrogens (tertiary/aromatic N) is 3. The minimum absolute atomic E-state index is 0.128. The van der Waals surface area contributed by atoms with Crippen LogP contribution in [0.2, 0.25) is 5.15 Å². The topological polar surface area (TPSA) is 30.7 Å². The summed E-state index contributed by atoms with van der Waals surface area (Å²) in [5.74, 6) is 5.86. The number of aromatic nitrogens is 3. The molecule has 0 amide bonds. The van der Waals surface area contributed by atoms with Gasteiger partial charge in [-0.1, -0.05) is 23.4 Å². The molecule has 3 rings (SSSR count). The molecule has 0 bridgehead atoms. The molecule has 0 aliphatic heterocycles. The maximum Gasteiger partial charge on any atom is 0.143 e. The molecule has 1 saturated carbocycles. The Kier molecular flexibility index (Phi) is 3.00. The van der Waals surface area contributed by atoms with Crippen LogP contribution in [0.3, 0.4) is 0 Å². The monoisotopic (exact) mass is 275 g/mol. The molecular weight excluding hydrogens is 265 g/mol. The number of aryl methyl sites for hydroxylation is 1. The van der Waals surface area contributed by atoms with E-state index in [4.69, 9.17) is 11.6 Å². The van der Waals surface area contributed by atoms with E-state index in [0.29, 0.717) is 5.92 Å². The van der Waals surface area contributed by atoms with Gasteiger partial charge in [-0.15, -0.1) is 0 Å². The molecule has 0 aromatic carbocycles. The minimum Gasteiger partial charge on any atom is -0.271 e. The second-order valence-electron chi connectivity index (χ2n) is 4.58. The largest absolute Gasteiger partial charge is 0.271 e. The Morgan fingerprint density at radius 3 is 2.74 bits per heavy atom. The van der Waals surface area contributed by atoms with E-state index in [1.807, 2.05) is 11.7 Å². The summed E-state index contributed by atoms with van der Waals surface area (Å²) in [6, 6.07) is 1.16. The fourth-order valence-electron chi connectivity index (χ4n) is 2.02. The average molecular weight is 276 g/mol. The first-order chi connectivity index (χ1) is 9.15. The van der Waals surface area contributed by atoms with Crippen molar-refractivity contribution >= 4 is 11.6 Å². The van der Waals surface area contributed by atoms with Gasteiger partial charge in [0.15, 0.2) is 0 Å². The van der Waals surface area contributed by atoms with Gasteiger partial charge >= 0.3 is 0 Å². The minimum atomic E-state index is -0.454. The van der Waals surface area contributed by atoms with Gasteiger partial charge in [0.25, 0.3) is 0 Å². The number of hydrogen-bond acceptors (Lipinski definition) is 2. The Labute approximate surface area is 115 Å². The maximum atomic E-state index is 13.6. The molecule has 3 nitrogen and oxygen atoms in total. The summed E-state index contributed by atoms with van der Waals surface area (Å²) in [5, 5.41) is 4.34. The highest BCUT2D eigenvalue weighted by Crippen LogP contribution is 2.41. The van der Waals surface area contributed by atoms with Crippen LogP contribution in [-0.4, -0.2) is 14.8 Å². The summed E-state index contributed by atoms with van der Waals surface area (Å²) in [4.78, 5) is 3.83. The lowest BCUT2D eigenvalue weighted by Crippen LogP contribution is -1.97. The van der Waals surface area contributed by atoms with Crippen molar-refractivity contribution in [1.29, 1.82) is 0 Å². The zero-order valence-electron chi connectivity index (χ0n) is 10.3. The Balaban J connectivity index is 1.95. The van der Waals surface area contributed by atoms with Gasteiger partial charge in [-0.3, -0.25) is 4.68 Å². The van der Waals surface area contributed by atoms with Crippen molar-refractivity contribution in [3.63, 3.8) is 0 Å². The second kappa shape index (κ2) is 4.67. The predicted molar refractivity (Wildman–Crippen MR) is 70.4 cm³/mol. The Hall–Kier alpha value is -1.86. The fourth-order valence-corrected chi connectivity index (χ4v) is 2.16. The Morgan fingerprint density at radius 1 is 1.32 bits per heavy atom. The van der Waals surface area contributed by atoms with E-state index in [2.05, 4.69) is 21.9 Å². The number of halogens is 2. The van der Waals surface area contributed by atoms with Gasteiger partial charge in [0.2, 0.25) is 0 Å². The van der Waals surface area contributed by atoms with Crippen molar-refractivity contribution < 1.29 is 4.39 Å². The van der Waals surface area contributed by atoms with E-state index in [-0.39, 0.29) is 10.7 Å². The van der Waals surface area contributed by atoms with E-state index in [0.717, 1.165) is 17.3 Å². The zero-order chi connectivity index (χ0) is 13.4. The molecule has 0 radical (unpaired) electrons. The van der Waals surface area contributed by atoms with Crippen LogP contribution in [0.1, 0.15) is 35.6 Å². The lowest BCUT2D eigenvalue weighted by Gasteiger charge is -1.98. The quantitative estimate of drug-likeness (QED) is 0.592. The third-order valence-corrected chi connectivity index (χ3v) is 3.31. The highest BCUT2D eigenvalue weighted by Gasteiger charge is 2.28. The fraction of sp³-hybridized carbons (Fsp3) is 0.286. The van der Waals surface area contributed by atoms with Crippen molar-refractivity contribution in [3.05, 3.63) is 46.3 Å². The maximum absolute atomic E-state index is 13.6. The molecule has 2 aromatic rings. The molecule has 2 aromatic heterocycles. The molecule has 19 heavy (non-hydrogen) atoms. The molecular formula is C14H11ClFN3. The third-order valence-electron chi connectivity index (χ3n) is 3.10. The lowest BCUT2D eigenvalue weighted by molar-refractivity contribution is 0.622. The second-order valence-corrected chi connectivity index (χ2v) is 4.97. The smallest absolute Gasteiger partial charge is 0.143 e. The van der Waals surface area contributed by atoms with Crippen molar-refractivity contribution in [1.82, 2.24) is 14.8 Å². The average Bonchev–Trinajstić information content (AvgIpc) is 3.13. The van der Waals surface area contributed by atoms with E-state index in [1.165, 1.54) is 19.0 Å². The van der Waals surface area contributed by atoms with Gasteiger partial charge < -0.3 is 0 Å². The highest BCUT2D eigenvalue weighted by atomic mass is 35.5. The van der Waals surface area contributed by atoms with Crippen molar-refractivity contribution in [2.24, 2.45) is 7.05 Å². The first-order valence-corrected chi connectivity index (χ1v) is 6.38. The molecule has 0 N–H and O–H groups in total. The standard InChI is InChI=1S/C14H11ClFN3/c1-19-14(9-2-3-9)11(8-18-19)5-4-10-7-17-13(15)6-12(10)16/h6-9H,2-3H2,1H3. The first-order valence-electron chi connectivity index (χ1n) is 6.00. The van der Waals surface area contributed by atoms with Crippen LogP contribution < -0.4 is 0 Å². The molecule has 1 aliphatic carbocycles. The Bertz CT molecular complexity index is 692.